The third kappa shape index (κ3) is 3.73. The fourth-order valence-corrected chi connectivity index (χ4v) is 4.19. The topological polar surface area (TPSA) is 74.3 Å². The molecule has 0 radical (unpaired) electrons. The van der Waals surface area contributed by atoms with Gasteiger partial charge in [0.2, 0.25) is 4.96 Å². The van der Waals surface area contributed by atoms with E-state index < -0.39 is 0 Å². The SMILES string of the molecule is CC(C)Oc1ccc(-c2nn(-c3ccccc3)cc2/C=c2/sc3ncnn3c2=O)cc1. The summed E-state index contributed by atoms with van der Waals surface area (Å²) in [4.78, 5) is 17.4. The predicted octanol–water partition coefficient (Wildman–Crippen LogP) is 3.34. The van der Waals surface area contributed by atoms with Crippen molar-refractivity contribution in [3.05, 3.63) is 87.6 Å². The van der Waals surface area contributed by atoms with Crippen molar-refractivity contribution in [2.45, 2.75) is 20.0 Å². The molecule has 154 valence electrons. The van der Waals surface area contributed by atoms with Crippen LogP contribution in [0.2, 0.25) is 0 Å². The Morgan fingerprint density at radius 1 is 1.06 bits per heavy atom. The quantitative estimate of drug-likeness (QED) is 0.428. The van der Waals surface area contributed by atoms with E-state index in [2.05, 4.69) is 10.1 Å². The zero-order valence-electron chi connectivity index (χ0n) is 17.0. The lowest BCUT2D eigenvalue weighted by molar-refractivity contribution is 0.242. The van der Waals surface area contributed by atoms with Gasteiger partial charge in [-0.2, -0.15) is 14.7 Å². The summed E-state index contributed by atoms with van der Waals surface area (Å²) in [5.41, 5.74) is 3.30. The van der Waals surface area contributed by atoms with Crippen molar-refractivity contribution in [2.24, 2.45) is 0 Å². The Bertz CT molecular complexity index is 1450. The Hall–Kier alpha value is -3.78. The fourth-order valence-electron chi connectivity index (χ4n) is 3.31. The summed E-state index contributed by atoms with van der Waals surface area (Å²) in [5, 5.41) is 8.81. The molecule has 0 amide bonds. The van der Waals surface area contributed by atoms with Gasteiger partial charge in [0.25, 0.3) is 5.56 Å². The maximum absolute atomic E-state index is 12.7. The van der Waals surface area contributed by atoms with Gasteiger partial charge in [0.15, 0.2) is 0 Å². The molecule has 3 heterocycles. The van der Waals surface area contributed by atoms with Crippen LogP contribution in [0.4, 0.5) is 0 Å². The van der Waals surface area contributed by atoms with Gasteiger partial charge in [-0.15, -0.1) is 0 Å². The van der Waals surface area contributed by atoms with Crippen LogP contribution in [0.3, 0.4) is 0 Å². The molecule has 0 atom stereocenters. The lowest BCUT2D eigenvalue weighted by atomic mass is 10.1. The molecule has 8 heteroatoms. The number of aromatic nitrogens is 5. The molecule has 31 heavy (non-hydrogen) atoms. The van der Waals surface area contributed by atoms with Crippen molar-refractivity contribution in [3.63, 3.8) is 0 Å². The highest BCUT2D eigenvalue weighted by atomic mass is 32.1. The van der Waals surface area contributed by atoms with Crippen LogP contribution in [0, 0.1) is 0 Å². The van der Waals surface area contributed by atoms with E-state index in [0.29, 0.717) is 9.49 Å². The van der Waals surface area contributed by atoms with Crippen LogP contribution in [0.25, 0.3) is 28.0 Å². The third-order valence-corrected chi connectivity index (χ3v) is 5.64. The molecule has 0 spiro atoms. The smallest absolute Gasteiger partial charge is 0.291 e. The van der Waals surface area contributed by atoms with E-state index in [0.717, 1.165) is 28.3 Å². The number of rotatable bonds is 5. The normalized spacial score (nSPS) is 12.2. The van der Waals surface area contributed by atoms with Gasteiger partial charge in [0.1, 0.15) is 17.8 Å². The number of fused-ring (bicyclic) bond motifs is 1. The van der Waals surface area contributed by atoms with Crippen LogP contribution in [-0.4, -0.2) is 30.5 Å². The number of hydrogen-bond donors (Lipinski definition) is 0. The van der Waals surface area contributed by atoms with E-state index in [4.69, 9.17) is 9.84 Å². The molecule has 2 aromatic carbocycles. The first-order valence-electron chi connectivity index (χ1n) is 9.85. The highest BCUT2D eigenvalue weighted by molar-refractivity contribution is 7.15. The maximum atomic E-state index is 12.7. The van der Waals surface area contributed by atoms with E-state index in [9.17, 15) is 4.79 Å². The van der Waals surface area contributed by atoms with E-state index in [1.807, 2.05) is 85.4 Å². The van der Waals surface area contributed by atoms with E-state index in [1.165, 1.54) is 22.2 Å². The number of para-hydroxylation sites is 1. The Labute approximate surface area is 181 Å². The van der Waals surface area contributed by atoms with Gasteiger partial charge < -0.3 is 4.74 Å². The molecular formula is C23H19N5O2S. The molecule has 0 aliphatic heterocycles. The second kappa shape index (κ2) is 7.81. The standard InChI is InChI=1S/C23H19N5O2S/c1-15(2)30-19-10-8-16(9-11-19)21-17(13-27(26-21)18-6-4-3-5-7-18)12-20-22(29)28-23(31-20)24-14-25-28/h3-15H,1-2H3/b20-12+. The lowest BCUT2D eigenvalue weighted by Gasteiger charge is -2.09. The molecule has 5 aromatic rings. The van der Waals surface area contributed by atoms with Crippen LogP contribution in [-0.2, 0) is 0 Å². The van der Waals surface area contributed by atoms with Gasteiger partial charge in [-0.1, -0.05) is 29.5 Å². The van der Waals surface area contributed by atoms with Crippen molar-refractivity contribution in [3.8, 4) is 22.7 Å². The summed E-state index contributed by atoms with van der Waals surface area (Å²) in [5.74, 6) is 0.805. The molecule has 0 N–H and O–H groups in total. The van der Waals surface area contributed by atoms with Crippen LogP contribution in [0.5, 0.6) is 5.75 Å². The first kappa shape index (κ1) is 19.2. The van der Waals surface area contributed by atoms with Crippen molar-refractivity contribution < 1.29 is 4.74 Å². The summed E-state index contributed by atoms with van der Waals surface area (Å²) in [6, 6.07) is 17.7. The highest BCUT2D eigenvalue weighted by Crippen LogP contribution is 2.26. The first-order valence-corrected chi connectivity index (χ1v) is 10.7. The fraction of sp³-hybridized carbons (Fsp3) is 0.130. The monoisotopic (exact) mass is 429 g/mol. The van der Waals surface area contributed by atoms with Gasteiger partial charge in [-0.25, -0.2) is 9.67 Å². The van der Waals surface area contributed by atoms with Gasteiger partial charge in [0.05, 0.1) is 16.3 Å². The zero-order valence-corrected chi connectivity index (χ0v) is 17.8. The maximum Gasteiger partial charge on any atom is 0.291 e. The average molecular weight is 430 g/mol. The molecule has 5 rings (SSSR count). The molecule has 0 aliphatic rings. The number of hydrogen-bond acceptors (Lipinski definition) is 6. The second-order valence-corrected chi connectivity index (χ2v) is 8.28. The van der Waals surface area contributed by atoms with E-state index >= 15 is 0 Å². The van der Waals surface area contributed by atoms with Crippen molar-refractivity contribution >= 4 is 22.4 Å². The summed E-state index contributed by atoms with van der Waals surface area (Å²) in [6.07, 6.45) is 5.27. The van der Waals surface area contributed by atoms with Gasteiger partial charge in [0, 0.05) is 17.3 Å². The Morgan fingerprint density at radius 3 is 2.55 bits per heavy atom. The van der Waals surface area contributed by atoms with Gasteiger partial charge in [-0.3, -0.25) is 4.79 Å². The molecule has 0 unspecified atom stereocenters. The van der Waals surface area contributed by atoms with Crippen LogP contribution >= 0.6 is 11.3 Å². The van der Waals surface area contributed by atoms with Crippen LogP contribution in [0.1, 0.15) is 19.4 Å². The van der Waals surface area contributed by atoms with Gasteiger partial charge >= 0.3 is 0 Å². The predicted molar refractivity (Wildman–Crippen MR) is 121 cm³/mol. The lowest BCUT2D eigenvalue weighted by Crippen LogP contribution is -2.23. The molecule has 0 aliphatic carbocycles. The third-order valence-electron chi connectivity index (χ3n) is 4.67. The second-order valence-electron chi connectivity index (χ2n) is 7.27. The minimum atomic E-state index is -0.184. The molecular weight excluding hydrogens is 410 g/mol. The molecule has 7 nitrogen and oxygen atoms in total. The Balaban J connectivity index is 1.65. The number of thiazole rings is 1. The van der Waals surface area contributed by atoms with E-state index in [-0.39, 0.29) is 11.7 Å². The summed E-state index contributed by atoms with van der Waals surface area (Å²) < 4.78 is 9.45. The largest absolute Gasteiger partial charge is 0.491 e. The minimum Gasteiger partial charge on any atom is -0.491 e. The van der Waals surface area contributed by atoms with Crippen LogP contribution < -0.4 is 14.8 Å². The number of nitrogens with zero attached hydrogens (tertiary/aromatic N) is 5. The number of benzene rings is 2. The Kier molecular flexibility index (Phi) is 4.83. The van der Waals surface area contributed by atoms with E-state index in [1.54, 1.807) is 0 Å². The van der Waals surface area contributed by atoms with Crippen molar-refractivity contribution in [1.29, 1.82) is 0 Å². The first-order chi connectivity index (χ1) is 15.1. The molecule has 0 fully saturated rings. The van der Waals surface area contributed by atoms with Crippen molar-refractivity contribution in [2.75, 3.05) is 0 Å². The summed E-state index contributed by atoms with van der Waals surface area (Å²) >= 11 is 1.31. The zero-order chi connectivity index (χ0) is 21.4. The summed E-state index contributed by atoms with van der Waals surface area (Å²) in [6.45, 7) is 3.99. The average Bonchev–Trinajstić information content (AvgIpc) is 3.47. The van der Waals surface area contributed by atoms with Crippen LogP contribution in [0.15, 0.2) is 71.9 Å². The molecule has 0 saturated heterocycles. The molecule has 3 aromatic heterocycles. The molecule has 0 saturated carbocycles. The Morgan fingerprint density at radius 2 is 1.84 bits per heavy atom. The van der Waals surface area contributed by atoms with Crippen molar-refractivity contribution in [1.82, 2.24) is 24.4 Å². The van der Waals surface area contributed by atoms with Gasteiger partial charge in [-0.05, 0) is 56.3 Å². The minimum absolute atomic E-state index is 0.105. The number of ether oxygens (including phenoxy) is 1. The highest BCUT2D eigenvalue weighted by Gasteiger charge is 2.13. The summed E-state index contributed by atoms with van der Waals surface area (Å²) in [7, 11) is 0. The molecule has 0 bridgehead atoms.